The number of unbranched alkanes of at least 4 members (excludes halogenated alkanes) is 1. The van der Waals surface area contributed by atoms with Crippen molar-refractivity contribution in [3.8, 4) is 0 Å². The molecule has 0 heterocycles. The molecule has 6 aliphatic rings. The summed E-state index contributed by atoms with van der Waals surface area (Å²) in [5.41, 5.74) is 4.14. The van der Waals surface area contributed by atoms with Crippen LogP contribution in [0.5, 0.6) is 0 Å². The van der Waals surface area contributed by atoms with Crippen LogP contribution >= 0.6 is 0 Å². The van der Waals surface area contributed by atoms with Crippen LogP contribution < -0.4 is 0 Å². The van der Waals surface area contributed by atoms with Crippen LogP contribution in [-0.4, -0.2) is 12.4 Å². The Morgan fingerprint density at radius 1 is 0.397 bits per heavy atom. The predicted octanol–water partition coefficient (Wildman–Crippen LogP) is 24.2. The summed E-state index contributed by atoms with van der Waals surface area (Å²) >= 11 is 0. The highest BCUT2D eigenvalue weighted by molar-refractivity contribution is 4.99. The van der Waals surface area contributed by atoms with Gasteiger partial charge in [-0.05, 0) is 158 Å². The molecule has 6 fully saturated rings. The molecule has 0 bridgehead atoms. The Balaban J connectivity index is 0. The van der Waals surface area contributed by atoms with E-state index in [1.54, 1.807) is 53.4 Å². The highest BCUT2D eigenvalue weighted by atomic mass is 19.4. The summed E-state index contributed by atoms with van der Waals surface area (Å²) in [4.78, 5) is 0. The minimum atomic E-state index is -3.98. The Labute approximate surface area is 423 Å². The average Bonchev–Trinajstić information content (AvgIpc) is 3.70. The van der Waals surface area contributed by atoms with Gasteiger partial charge in [-0.1, -0.05) is 215 Å². The number of hydrogen-bond donors (Lipinski definition) is 0. The Kier molecular flexibility index (Phi) is 34.2. The number of halogens is 6. The third-order valence-electron chi connectivity index (χ3n) is 17.1. The minimum absolute atomic E-state index is 0.231. The third kappa shape index (κ3) is 32.6. The summed E-state index contributed by atoms with van der Waals surface area (Å²) in [5, 5.41) is 0. The lowest BCUT2D eigenvalue weighted by molar-refractivity contribution is -0.144. The monoisotopic (exact) mass is 981 g/mol. The van der Waals surface area contributed by atoms with Gasteiger partial charge in [0.25, 0.3) is 0 Å². The van der Waals surface area contributed by atoms with Crippen molar-refractivity contribution < 1.29 is 26.3 Å². The van der Waals surface area contributed by atoms with E-state index in [-0.39, 0.29) is 11.8 Å². The van der Waals surface area contributed by atoms with Crippen LogP contribution in [0.1, 0.15) is 324 Å². The first kappa shape index (κ1) is 69.7. The maximum Gasteiger partial charge on any atom is 0.389 e. The van der Waals surface area contributed by atoms with E-state index in [1.165, 1.54) is 141 Å². The van der Waals surface area contributed by atoms with E-state index >= 15 is 0 Å². The normalized spacial score (nSPS) is 24.3. The molecule has 0 saturated heterocycles. The van der Waals surface area contributed by atoms with Gasteiger partial charge < -0.3 is 0 Å². The summed E-state index contributed by atoms with van der Waals surface area (Å²) in [6.45, 7) is 41.5. The van der Waals surface area contributed by atoms with Crippen molar-refractivity contribution in [1.82, 2.24) is 0 Å². The van der Waals surface area contributed by atoms with Crippen molar-refractivity contribution in [1.29, 1.82) is 0 Å². The lowest BCUT2D eigenvalue weighted by atomic mass is 9.51. The summed E-state index contributed by atoms with van der Waals surface area (Å²) in [5.74, 6) is 2.56. The minimum Gasteiger partial charge on any atom is -0.171 e. The van der Waals surface area contributed by atoms with E-state index in [0.717, 1.165) is 28.6 Å². The molecule has 0 aromatic carbocycles. The molecule has 0 N–H and O–H groups in total. The summed E-state index contributed by atoms with van der Waals surface area (Å²) < 4.78 is 69.0. The fraction of sp³-hybridized carbons (Fsp3) is 1.00. The van der Waals surface area contributed by atoms with Gasteiger partial charge in [0.05, 0.1) is 0 Å². The number of rotatable bonds is 5. The average molecular weight is 982 g/mol. The van der Waals surface area contributed by atoms with Crippen LogP contribution in [0, 0.1) is 62.1 Å². The van der Waals surface area contributed by atoms with Gasteiger partial charge in [0, 0.05) is 12.8 Å². The molecule has 0 aliphatic heterocycles. The molecule has 2 atom stereocenters. The van der Waals surface area contributed by atoms with Gasteiger partial charge in [-0.15, -0.1) is 0 Å². The molecule has 0 nitrogen and oxygen atoms in total. The van der Waals surface area contributed by atoms with Crippen molar-refractivity contribution in [2.45, 2.75) is 337 Å². The van der Waals surface area contributed by atoms with Gasteiger partial charge in [-0.3, -0.25) is 0 Å². The van der Waals surface area contributed by atoms with Gasteiger partial charge in [0.1, 0.15) is 0 Å². The van der Waals surface area contributed by atoms with E-state index in [2.05, 4.69) is 90.0 Å². The van der Waals surface area contributed by atoms with Crippen LogP contribution in [0.15, 0.2) is 0 Å². The summed E-state index contributed by atoms with van der Waals surface area (Å²) in [7, 11) is 0. The van der Waals surface area contributed by atoms with Crippen molar-refractivity contribution in [3.63, 3.8) is 0 Å². The fourth-order valence-corrected chi connectivity index (χ4v) is 12.7. The molecule has 0 amide bonds. The first-order chi connectivity index (χ1) is 31.3. The van der Waals surface area contributed by atoms with Gasteiger partial charge in [0.15, 0.2) is 0 Å². The number of alkyl halides is 6. The first-order valence-electron chi connectivity index (χ1n) is 29.4. The Morgan fingerprint density at radius 2 is 0.662 bits per heavy atom. The molecule has 0 unspecified atom stereocenters. The standard InChI is InChI=1S/C16H30.C14H26.C11H20.2C6H11F3.C4H10.C3H8.C2H6/c1-13-6-8-16(9-7-13)11-14(2,3)10-15(4,5)12-16;1-12-4-6-14(7-5-12)10-8-13(2,3)9-11-14;1-10-4-8-11(9-5-10)6-2-3-7-11;2*1-3-5(2)4-6(7,8)9;1-3-4-2;1-3-2;1-2/h13H,6-12H2,1-5H3;12H,4-11H2,1-3H3;10H,2-9H2,1H3;2*5H,3-4H2,1-2H3;3-4H2,1-2H3;3H2,1-2H3;1-2H3/t;;;2*5-;;;/m...00.../s1. The second-order valence-corrected chi connectivity index (χ2v) is 26.7. The summed E-state index contributed by atoms with van der Waals surface area (Å²) in [6, 6.07) is 0. The van der Waals surface area contributed by atoms with Crippen LogP contribution in [0.4, 0.5) is 26.3 Å². The molecule has 412 valence electrons. The lowest BCUT2D eigenvalue weighted by Gasteiger charge is -2.54. The van der Waals surface area contributed by atoms with Gasteiger partial charge in [-0.2, -0.15) is 26.3 Å². The van der Waals surface area contributed by atoms with Gasteiger partial charge >= 0.3 is 12.4 Å². The number of hydrogen-bond acceptors (Lipinski definition) is 0. The zero-order chi connectivity index (χ0) is 53.1. The van der Waals surface area contributed by atoms with E-state index in [0.29, 0.717) is 34.5 Å². The first-order valence-corrected chi connectivity index (χ1v) is 29.4. The molecular weight excluding hydrogens is 859 g/mol. The van der Waals surface area contributed by atoms with Crippen molar-refractivity contribution in [3.05, 3.63) is 0 Å². The zero-order valence-corrected chi connectivity index (χ0v) is 49.4. The third-order valence-corrected chi connectivity index (χ3v) is 17.1. The smallest absolute Gasteiger partial charge is 0.171 e. The second-order valence-electron chi connectivity index (χ2n) is 26.7. The molecule has 3 spiro atoms. The van der Waals surface area contributed by atoms with Crippen LogP contribution in [0.2, 0.25) is 0 Å². The largest absolute Gasteiger partial charge is 0.389 e. The van der Waals surface area contributed by atoms with Crippen molar-refractivity contribution >= 4 is 0 Å². The molecule has 0 aromatic heterocycles. The van der Waals surface area contributed by atoms with Crippen molar-refractivity contribution in [2.75, 3.05) is 0 Å². The Bertz CT molecular complexity index is 1120. The van der Waals surface area contributed by atoms with E-state index < -0.39 is 25.2 Å². The summed E-state index contributed by atoms with van der Waals surface area (Å²) in [6.07, 6.45) is 30.5. The van der Waals surface area contributed by atoms with Crippen molar-refractivity contribution in [2.24, 2.45) is 62.1 Å². The second kappa shape index (κ2) is 33.4. The zero-order valence-electron chi connectivity index (χ0n) is 49.4. The maximum absolute atomic E-state index is 11.5. The maximum atomic E-state index is 11.5. The van der Waals surface area contributed by atoms with Crippen LogP contribution in [0.3, 0.4) is 0 Å². The van der Waals surface area contributed by atoms with Gasteiger partial charge in [0.2, 0.25) is 0 Å². The van der Waals surface area contributed by atoms with E-state index in [9.17, 15) is 26.3 Å². The predicted molar refractivity (Wildman–Crippen MR) is 290 cm³/mol. The molecular formula is C62H122F6. The van der Waals surface area contributed by atoms with E-state index in [4.69, 9.17) is 0 Å². The molecule has 0 radical (unpaired) electrons. The SMILES string of the molecule is CC.CC1CCC2(CC1)CC(C)(C)CC(C)(C)C2.CC1CCC2(CC1)CCC(C)(C)CC2.CC1CCC2(CCCC2)CC1.CCC.CCCC.CC[C@H](C)CC(F)(F)F.CC[C@H](C)CC(F)(F)F. The molecule has 6 rings (SSSR count). The fourth-order valence-electron chi connectivity index (χ4n) is 12.7. The molecule has 0 aromatic rings. The van der Waals surface area contributed by atoms with E-state index in [1.807, 2.05) is 13.8 Å². The van der Waals surface area contributed by atoms with Crippen LogP contribution in [-0.2, 0) is 0 Å². The highest BCUT2D eigenvalue weighted by Gasteiger charge is 2.48. The molecule has 6 aliphatic carbocycles. The van der Waals surface area contributed by atoms with Gasteiger partial charge in [-0.25, -0.2) is 0 Å². The Morgan fingerprint density at radius 3 is 0.897 bits per heavy atom. The quantitative estimate of drug-likeness (QED) is 0.241. The Hall–Kier alpha value is -0.420. The highest BCUT2D eigenvalue weighted by Crippen LogP contribution is 2.60. The molecule has 68 heavy (non-hydrogen) atoms. The topological polar surface area (TPSA) is 0 Å². The molecule has 6 heteroatoms. The lowest BCUT2D eigenvalue weighted by Crippen LogP contribution is -2.43. The molecule has 6 saturated carbocycles. The van der Waals surface area contributed by atoms with Crippen LogP contribution in [0.25, 0.3) is 0 Å².